The Hall–Kier alpha value is -1.02. The van der Waals surface area contributed by atoms with Gasteiger partial charge in [0.1, 0.15) is 0 Å². The van der Waals surface area contributed by atoms with Crippen molar-refractivity contribution in [3.8, 4) is 0 Å². The van der Waals surface area contributed by atoms with Crippen molar-refractivity contribution in [1.29, 1.82) is 0 Å². The first-order valence-electron chi connectivity index (χ1n) is 6.92. The summed E-state index contributed by atoms with van der Waals surface area (Å²) in [6.45, 7) is 10.3. The predicted molar refractivity (Wildman–Crippen MR) is 77.2 cm³/mol. The summed E-state index contributed by atoms with van der Waals surface area (Å²) in [5.74, 6) is 0.586. The van der Waals surface area contributed by atoms with Gasteiger partial charge < -0.3 is 10.0 Å². The number of hydrogen-bond acceptors (Lipinski definition) is 2. The lowest BCUT2D eigenvalue weighted by molar-refractivity contribution is 0.229. The molecular weight excluding hydrogens is 222 g/mol. The first-order valence-corrected chi connectivity index (χ1v) is 6.92. The highest BCUT2D eigenvalue weighted by atomic mass is 16.3. The number of anilines is 1. The maximum absolute atomic E-state index is 9.20. The number of hydrogen-bond donors (Lipinski definition) is 1. The largest absolute Gasteiger partial charge is 0.396 e. The van der Waals surface area contributed by atoms with Crippen LogP contribution in [-0.4, -0.2) is 23.8 Å². The Bertz CT molecular complexity index is 425. The molecule has 1 aromatic carbocycles. The molecule has 100 valence electrons. The summed E-state index contributed by atoms with van der Waals surface area (Å²) >= 11 is 0. The molecule has 1 aliphatic heterocycles. The minimum absolute atomic E-state index is 0.140. The first-order chi connectivity index (χ1) is 8.46. The van der Waals surface area contributed by atoms with Gasteiger partial charge in [0.15, 0.2) is 0 Å². The molecule has 2 heteroatoms. The molecule has 1 aliphatic rings. The van der Waals surface area contributed by atoms with Crippen LogP contribution in [0.1, 0.15) is 37.8 Å². The maximum Gasteiger partial charge on any atom is 0.0434 e. The molecule has 2 nitrogen and oxygen atoms in total. The highest BCUT2D eigenvalue weighted by molar-refractivity contribution is 5.57. The van der Waals surface area contributed by atoms with E-state index in [4.69, 9.17) is 0 Å². The second-order valence-corrected chi connectivity index (χ2v) is 6.09. The Labute approximate surface area is 111 Å². The molecule has 0 aromatic heterocycles. The van der Waals surface area contributed by atoms with Crippen molar-refractivity contribution in [3.05, 3.63) is 29.3 Å². The van der Waals surface area contributed by atoms with Crippen LogP contribution in [0.4, 0.5) is 5.69 Å². The first kappa shape index (κ1) is 13.4. The Kier molecular flexibility index (Phi) is 3.67. The summed E-state index contributed by atoms with van der Waals surface area (Å²) in [4.78, 5) is 2.52. The van der Waals surface area contributed by atoms with Crippen LogP contribution in [0.5, 0.6) is 0 Å². The van der Waals surface area contributed by atoms with E-state index in [1.807, 2.05) is 0 Å². The monoisotopic (exact) mass is 247 g/mol. The third-order valence-corrected chi connectivity index (χ3v) is 4.53. The third kappa shape index (κ3) is 2.26. The van der Waals surface area contributed by atoms with Crippen LogP contribution < -0.4 is 4.90 Å². The van der Waals surface area contributed by atoms with Crippen LogP contribution in [0.2, 0.25) is 0 Å². The standard InChI is InChI=1S/C16H25NO/c1-12-5-6-13(2)15(11-12)17-9-7-14(8-10-18)16(17,3)4/h5-6,11,14,18H,7-10H2,1-4H3. The van der Waals surface area contributed by atoms with Gasteiger partial charge in [-0.25, -0.2) is 0 Å². The van der Waals surface area contributed by atoms with Crippen molar-refractivity contribution in [2.75, 3.05) is 18.1 Å². The highest BCUT2D eigenvalue weighted by Crippen LogP contribution is 2.41. The van der Waals surface area contributed by atoms with Crippen LogP contribution in [0.3, 0.4) is 0 Å². The van der Waals surface area contributed by atoms with E-state index in [1.54, 1.807) is 0 Å². The zero-order chi connectivity index (χ0) is 13.3. The average molecular weight is 247 g/mol. The van der Waals surface area contributed by atoms with Crippen molar-refractivity contribution >= 4 is 5.69 Å². The fourth-order valence-corrected chi connectivity index (χ4v) is 3.24. The van der Waals surface area contributed by atoms with E-state index in [1.165, 1.54) is 23.2 Å². The van der Waals surface area contributed by atoms with E-state index < -0.39 is 0 Å². The second kappa shape index (κ2) is 4.93. The molecule has 0 amide bonds. The summed E-state index contributed by atoms with van der Waals surface area (Å²) < 4.78 is 0. The minimum atomic E-state index is 0.140. The average Bonchev–Trinajstić information content (AvgIpc) is 2.59. The van der Waals surface area contributed by atoms with Gasteiger partial charge in [-0.2, -0.15) is 0 Å². The lowest BCUT2D eigenvalue weighted by atomic mass is 9.85. The van der Waals surface area contributed by atoms with Crippen LogP contribution in [-0.2, 0) is 0 Å². The molecule has 1 atom stereocenters. The van der Waals surface area contributed by atoms with Crippen LogP contribution >= 0.6 is 0 Å². The Morgan fingerprint density at radius 3 is 2.72 bits per heavy atom. The number of nitrogens with zero attached hydrogens (tertiary/aromatic N) is 1. The summed E-state index contributed by atoms with van der Waals surface area (Å²) in [6, 6.07) is 6.67. The van der Waals surface area contributed by atoms with Crippen LogP contribution in [0.25, 0.3) is 0 Å². The number of aryl methyl sites for hydroxylation is 2. The fraction of sp³-hybridized carbons (Fsp3) is 0.625. The molecular formula is C16H25NO. The Balaban J connectivity index is 2.31. The summed E-state index contributed by atoms with van der Waals surface area (Å²) in [6.07, 6.45) is 2.09. The number of benzene rings is 1. The van der Waals surface area contributed by atoms with Gasteiger partial charge in [0, 0.05) is 24.4 Å². The summed E-state index contributed by atoms with van der Waals surface area (Å²) in [7, 11) is 0. The zero-order valence-electron chi connectivity index (χ0n) is 12.0. The lowest BCUT2D eigenvalue weighted by Crippen LogP contribution is -2.43. The molecule has 2 rings (SSSR count). The maximum atomic E-state index is 9.20. The Morgan fingerprint density at radius 2 is 2.06 bits per heavy atom. The quantitative estimate of drug-likeness (QED) is 0.886. The molecule has 1 saturated heterocycles. The van der Waals surface area contributed by atoms with Crippen LogP contribution in [0.15, 0.2) is 18.2 Å². The van der Waals surface area contributed by atoms with Crippen molar-refractivity contribution in [1.82, 2.24) is 0 Å². The molecule has 18 heavy (non-hydrogen) atoms. The molecule has 1 unspecified atom stereocenters. The van der Waals surface area contributed by atoms with Gasteiger partial charge >= 0.3 is 0 Å². The molecule has 0 spiro atoms. The van der Waals surface area contributed by atoms with E-state index in [2.05, 4.69) is 50.8 Å². The SMILES string of the molecule is Cc1ccc(C)c(N2CCC(CCO)C2(C)C)c1. The minimum Gasteiger partial charge on any atom is -0.396 e. The third-order valence-electron chi connectivity index (χ3n) is 4.53. The highest BCUT2D eigenvalue weighted by Gasteiger charge is 2.41. The molecule has 0 aliphatic carbocycles. The van der Waals surface area contributed by atoms with Gasteiger partial charge in [-0.15, -0.1) is 0 Å². The molecule has 0 bridgehead atoms. The van der Waals surface area contributed by atoms with Gasteiger partial charge in [-0.05, 0) is 63.6 Å². The molecule has 1 fully saturated rings. The van der Waals surface area contributed by atoms with Crippen molar-refractivity contribution in [2.45, 2.75) is 46.1 Å². The fourth-order valence-electron chi connectivity index (χ4n) is 3.24. The van der Waals surface area contributed by atoms with E-state index in [-0.39, 0.29) is 5.54 Å². The molecule has 1 aromatic rings. The zero-order valence-corrected chi connectivity index (χ0v) is 12.0. The van der Waals surface area contributed by atoms with E-state index in [0.717, 1.165) is 13.0 Å². The Morgan fingerprint density at radius 1 is 1.33 bits per heavy atom. The number of aliphatic hydroxyl groups is 1. The smallest absolute Gasteiger partial charge is 0.0434 e. The molecule has 1 heterocycles. The van der Waals surface area contributed by atoms with Crippen molar-refractivity contribution in [2.24, 2.45) is 5.92 Å². The predicted octanol–water partition coefficient (Wildman–Crippen LogP) is 3.29. The summed E-state index contributed by atoms with van der Waals surface area (Å²) in [5.41, 5.74) is 4.16. The molecule has 1 N–H and O–H groups in total. The van der Waals surface area contributed by atoms with Gasteiger partial charge in [-0.3, -0.25) is 0 Å². The topological polar surface area (TPSA) is 23.5 Å². The van der Waals surface area contributed by atoms with Gasteiger partial charge in [0.2, 0.25) is 0 Å². The summed E-state index contributed by atoms with van der Waals surface area (Å²) in [5, 5.41) is 9.20. The van der Waals surface area contributed by atoms with Crippen molar-refractivity contribution in [3.63, 3.8) is 0 Å². The second-order valence-electron chi connectivity index (χ2n) is 6.09. The van der Waals surface area contributed by atoms with Crippen molar-refractivity contribution < 1.29 is 5.11 Å². The van der Waals surface area contributed by atoms with Gasteiger partial charge in [0.25, 0.3) is 0 Å². The number of rotatable bonds is 3. The van der Waals surface area contributed by atoms with E-state index in [0.29, 0.717) is 12.5 Å². The molecule has 0 radical (unpaired) electrons. The van der Waals surface area contributed by atoms with E-state index in [9.17, 15) is 5.11 Å². The van der Waals surface area contributed by atoms with E-state index >= 15 is 0 Å². The number of aliphatic hydroxyl groups excluding tert-OH is 1. The van der Waals surface area contributed by atoms with Crippen LogP contribution in [0, 0.1) is 19.8 Å². The molecule has 0 saturated carbocycles. The normalized spacial score (nSPS) is 22.5. The van der Waals surface area contributed by atoms with Gasteiger partial charge in [0.05, 0.1) is 0 Å². The van der Waals surface area contributed by atoms with Gasteiger partial charge in [-0.1, -0.05) is 12.1 Å². The lowest BCUT2D eigenvalue weighted by Gasteiger charge is -2.38.